The van der Waals surface area contributed by atoms with Crippen LogP contribution in [0.1, 0.15) is 40.0 Å². The molecule has 0 aliphatic carbocycles. The number of hydrogen-bond acceptors (Lipinski definition) is 3. The van der Waals surface area contributed by atoms with Gasteiger partial charge < -0.3 is 15.4 Å². The molecule has 0 atom stereocenters. The van der Waals surface area contributed by atoms with Gasteiger partial charge in [-0.2, -0.15) is 0 Å². The monoisotopic (exact) mass is 276 g/mol. The van der Waals surface area contributed by atoms with Crippen LogP contribution in [0.15, 0.2) is 24.3 Å². The lowest BCUT2D eigenvalue weighted by Crippen LogP contribution is -2.39. The molecule has 0 spiro atoms. The van der Waals surface area contributed by atoms with Gasteiger partial charge in [0.1, 0.15) is 5.75 Å². The smallest absolute Gasteiger partial charge is 0.142 e. The van der Waals surface area contributed by atoms with Crippen LogP contribution in [0.2, 0.25) is 0 Å². The van der Waals surface area contributed by atoms with Crippen molar-refractivity contribution in [3.05, 3.63) is 24.3 Å². The van der Waals surface area contributed by atoms with Crippen molar-refractivity contribution < 1.29 is 4.74 Å². The molecule has 112 valence electrons. The highest BCUT2D eigenvalue weighted by Crippen LogP contribution is 2.30. The van der Waals surface area contributed by atoms with E-state index in [1.165, 1.54) is 5.69 Å². The van der Waals surface area contributed by atoms with Crippen molar-refractivity contribution in [3.63, 3.8) is 0 Å². The highest BCUT2D eigenvalue weighted by atomic mass is 16.5. The Labute approximate surface area is 123 Å². The Kier molecular flexibility index (Phi) is 4.92. The lowest BCUT2D eigenvalue weighted by Gasteiger charge is -2.33. The van der Waals surface area contributed by atoms with E-state index in [4.69, 9.17) is 10.5 Å². The van der Waals surface area contributed by atoms with Gasteiger partial charge in [-0.1, -0.05) is 32.9 Å². The standard InChI is InChI=1S/C17H28N2O/c1-17(2,3)10-13-20-16-7-5-4-6-15(16)19-11-8-14(18)9-12-19/h4-7,14H,8-13,18H2,1-3H3. The second kappa shape index (κ2) is 6.49. The van der Waals surface area contributed by atoms with E-state index in [1.807, 2.05) is 6.07 Å². The predicted octanol–water partition coefficient (Wildman–Crippen LogP) is 3.43. The lowest BCUT2D eigenvalue weighted by molar-refractivity contribution is 0.243. The fraction of sp³-hybridized carbons (Fsp3) is 0.647. The molecule has 1 aromatic carbocycles. The lowest BCUT2D eigenvalue weighted by atomic mass is 9.93. The van der Waals surface area contributed by atoms with Gasteiger partial charge in [0, 0.05) is 19.1 Å². The molecule has 0 unspecified atom stereocenters. The van der Waals surface area contributed by atoms with Gasteiger partial charge in [-0.3, -0.25) is 0 Å². The van der Waals surface area contributed by atoms with Crippen molar-refractivity contribution in [2.24, 2.45) is 11.1 Å². The average Bonchev–Trinajstić information content (AvgIpc) is 2.39. The summed E-state index contributed by atoms with van der Waals surface area (Å²) in [6.45, 7) is 9.56. The number of nitrogens with two attached hydrogens (primary N) is 1. The maximum Gasteiger partial charge on any atom is 0.142 e. The van der Waals surface area contributed by atoms with Crippen molar-refractivity contribution in [1.82, 2.24) is 0 Å². The number of rotatable bonds is 4. The highest BCUT2D eigenvalue weighted by molar-refractivity contribution is 5.58. The average molecular weight is 276 g/mol. The first-order chi connectivity index (χ1) is 9.46. The van der Waals surface area contributed by atoms with E-state index in [2.05, 4.69) is 43.9 Å². The first-order valence-electron chi connectivity index (χ1n) is 7.68. The molecule has 1 fully saturated rings. The van der Waals surface area contributed by atoms with E-state index in [1.54, 1.807) is 0 Å². The molecule has 1 heterocycles. The normalized spacial score (nSPS) is 17.3. The molecule has 2 N–H and O–H groups in total. The molecule has 3 nitrogen and oxygen atoms in total. The first-order valence-corrected chi connectivity index (χ1v) is 7.68. The minimum atomic E-state index is 0.312. The summed E-state index contributed by atoms with van der Waals surface area (Å²) >= 11 is 0. The Morgan fingerprint density at radius 2 is 1.85 bits per heavy atom. The maximum atomic E-state index is 6.02. The largest absolute Gasteiger partial charge is 0.491 e. The van der Waals surface area contributed by atoms with Gasteiger partial charge in [0.2, 0.25) is 0 Å². The van der Waals surface area contributed by atoms with Crippen LogP contribution in [0.5, 0.6) is 5.75 Å². The summed E-state index contributed by atoms with van der Waals surface area (Å²) in [6, 6.07) is 8.72. The van der Waals surface area contributed by atoms with Crippen molar-refractivity contribution in [3.8, 4) is 5.75 Å². The third-order valence-corrected chi connectivity index (χ3v) is 3.86. The number of para-hydroxylation sites is 2. The van der Waals surface area contributed by atoms with Crippen LogP contribution in [-0.2, 0) is 0 Å². The van der Waals surface area contributed by atoms with Crippen molar-refractivity contribution in [1.29, 1.82) is 0 Å². The minimum Gasteiger partial charge on any atom is -0.491 e. The quantitative estimate of drug-likeness (QED) is 0.915. The minimum absolute atomic E-state index is 0.312. The predicted molar refractivity (Wildman–Crippen MR) is 85.4 cm³/mol. The van der Waals surface area contributed by atoms with Crippen molar-refractivity contribution in [2.45, 2.75) is 46.1 Å². The van der Waals surface area contributed by atoms with Gasteiger partial charge in [-0.15, -0.1) is 0 Å². The molecular weight excluding hydrogens is 248 g/mol. The molecule has 1 aliphatic heterocycles. The molecule has 0 amide bonds. The topological polar surface area (TPSA) is 38.5 Å². The van der Waals surface area contributed by atoms with Gasteiger partial charge in [0.15, 0.2) is 0 Å². The second-order valence-corrected chi connectivity index (χ2v) is 6.95. The molecule has 0 saturated carbocycles. The van der Waals surface area contributed by atoms with E-state index >= 15 is 0 Å². The third kappa shape index (κ3) is 4.41. The Balaban J connectivity index is 1.99. The van der Waals surface area contributed by atoms with E-state index in [0.29, 0.717) is 11.5 Å². The second-order valence-electron chi connectivity index (χ2n) is 6.95. The van der Waals surface area contributed by atoms with E-state index < -0.39 is 0 Å². The summed E-state index contributed by atoms with van der Waals surface area (Å²) in [6.07, 6.45) is 3.19. The molecule has 3 heteroatoms. The Hall–Kier alpha value is -1.22. The van der Waals surface area contributed by atoms with E-state index in [-0.39, 0.29) is 0 Å². The fourth-order valence-electron chi connectivity index (χ4n) is 2.45. The third-order valence-electron chi connectivity index (χ3n) is 3.86. The van der Waals surface area contributed by atoms with Crippen LogP contribution in [0.3, 0.4) is 0 Å². The maximum absolute atomic E-state index is 6.02. The summed E-state index contributed by atoms with van der Waals surface area (Å²) in [5.41, 5.74) is 7.51. The molecule has 1 saturated heterocycles. The van der Waals surface area contributed by atoms with Crippen LogP contribution >= 0.6 is 0 Å². The van der Waals surface area contributed by atoms with Crippen LogP contribution in [0.25, 0.3) is 0 Å². The van der Waals surface area contributed by atoms with Crippen LogP contribution in [0.4, 0.5) is 5.69 Å². The molecule has 1 aliphatic rings. The zero-order valence-corrected chi connectivity index (χ0v) is 13.1. The molecule has 2 rings (SSSR count). The van der Waals surface area contributed by atoms with Crippen LogP contribution in [-0.4, -0.2) is 25.7 Å². The SMILES string of the molecule is CC(C)(C)CCOc1ccccc1N1CCC(N)CC1. The number of nitrogens with zero attached hydrogens (tertiary/aromatic N) is 1. The van der Waals surface area contributed by atoms with Gasteiger partial charge in [0.05, 0.1) is 12.3 Å². The Morgan fingerprint density at radius 1 is 1.20 bits per heavy atom. The summed E-state index contributed by atoms with van der Waals surface area (Å²) in [4.78, 5) is 2.40. The van der Waals surface area contributed by atoms with Gasteiger partial charge in [-0.25, -0.2) is 0 Å². The van der Waals surface area contributed by atoms with E-state index in [9.17, 15) is 0 Å². The summed E-state index contributed by atoms with van der Waals surface area (Å²) in [5, 5.41) is 0. The number of benzene rings is 1. The number of ether oxygens (including phenoxy) is 1. The Morgan fingerprint density at radius 3 is 2.50 bits per heavy atom. The summed E-state index contributed by atoms with van der Waals surface area (Å²) in [7, 11) is 0. The number of piperidine rings is 1. The molecule has 0 radical (unpaired) electrons. The van der Waals surface area contributed by atoms with E-state index in [0.717, 1.165) is 44.7 Å². The molecule has 20 heavy (non-hydrogen) atoms. The van der Waals surface area contributed by atoms with Crippen molar-refractivity contribution >= 4 is 5.69 Å². The molecule has 0 aromatic heterocycles. The summed E-state index contributed by atoms with van der Waals surface area (Å²) in [5.74, 6) is 1.01. The van der Waals surface area contributed by atoms with Gasteiger partial charge >= 0.3 is 0 Å². The van der Waals surface area contributed by atoms with Crippen LogP contribution in [0, 0.1) is 5.41 Å². The first kappa shape index (κ1) is 15.2. The highest BCUT2D eigenvalue weighted by Gasteiger charge is 2.19. The fourth-order valence-corrected chi connectivity index (χ4v) is 2.45. The zero-order chi connectivity index (χ0) is 14.6. The van der Waals surface area contributed by atoms with Gasteiger partial charge in [-0.05, 0) is 36.8 Å². The molecule has 1 aromatic rings. The summed E-state index contributed by atoms with van der Waals surface area (Å²) < 4.78 is 6.02. The van der Waals surface area contributed by atoms with Crippen molar-refractivity contribution in [2.75, 3.05) is 24.6 Å². The molecular formula is C17H28N2O. The van der Waals surface area contributed by atoms with Crippen LogP contribution < -0.4 is 15.4 Å². The Bertz CT molecular complexity index is 417. The van der Waals surface area contributed by atoms with Gasteiger partial charge in [0.25, 0.3) is 0 Å². The number of hydrogen-bond donors (Lipinski definition) is 1. The number of anilines is 1. The molecule has 0 bridgehead atoms. The zero-order valence-electron chi connectivity index (χ0n) is 13.1.